The second-order valence-corrected chi connectivity index (χ2v) is 6.11. The molecule has 0 aliphatic carbocycles. The van der Waals surface area contributed by atoms with Crippen LogP contribution in [0.3, 0.4) is 0 Å². The van der Waals surface area contributed by atoms with Crippen molar-refractivity contribution in [3.05, 3.63) is 0 Å². The Morgan fingerprint density at radius 3 is 2.63 bits per heavy atom. The van der Waals surface area contributed by atoms with Crippen molar-refractivity contribution >= 4 is 12.0 Å². The van der Waals surface area contributed by atoms with E-state index < -0.39 is 11.6 Å². The summed E-state index contributed by atoms with van der Waals surface area (Å²) in [5.74, 6) is 0.117. The predicted octanol–water partition coefficient (Wildman–Crippen LogP) is 0.707. The van der Waals surface area contributed by atoms with Crippen molar-refractivity contribution in [1.29, 1.82) is 0 Å². The average molecular weight is 271 g/mol. The van der Waals surface area contributed by atoms with Crippen LogP contribution in [0.1, 0.15) is 34.1 Å². The number of rotatable bonds is 3. The van der Waals surface area contributed by atoms with Gasteiger partial charge in [-0.2, -0.15) is 0 Å². The zero-order chi connectivity index (χ0) is 14.6. The highest BCUT2D eigenvalue weighted by Gasteiger charge is 2.29. The first-order chi connectivity index (χ1) is 8.69. The second kappa shape index (κ2) is 6.23. The molecule has 2 unspecified atom stereocenters. The number of hydrogen-bond acceptors (Lipinski definition) is 4. The maximum atomic E-state index is 11.8. The molecule has 1 aliphatic heterocycles. The van der Waals surface area contributed by atoms with Crippen LogP contribution in [-0.4, -0.2) is 48.2 Å². The third kappa shape index (κ3) is 5.46. The van der Waals surface area contributed by atoms with Crippen molar-refractivity contribution in [2.45, 2.75) is 45.8 Å². The van der Waals surface area contributed by atoms with Crippen molar-refractivity contribution < 1.29 is 14.3 Å². The van der Waals surface area contributed by atoms with Crippen LogP contribution < -0.4 is 11.1 Å². The minimum Gasteiger partial charge on any atom is -0.444 e. The highest BCUT2D eigenvalue weighted by atomic mass is 16.6. The van der Waals surface area contributed by atoms with E-state index in [1.54, 1.807) is 11.8 Å². The van der Waals surface area contributed by atoms with Gasteiger partial charge in [0, 0.05) is 19.6 Å². The van der Waals surface area contributed by atoms with Crippen molar-refractivity contribution in [1.82, 2.24) is 10.2 Å². The van der Waals surface area contributed by atoms with Gasteiger partial charge >= 0.3 is 6.09 Å². The molecule has 1 aliphatic rings. The summed E-state index contributed by atoms with van der Waals surface area (Å²) in [7, 11) is 0. The number of nitrogens with zero attached hydrogens (tertiary/aromatic N) is 1. The van der Waals surface area contributed by atoms with Crippen LogP contribution in [0, 0.1) is 5.92 Å². The Morgan fingerprint density at radius 1 is 1.47 bits per heavy atom. The molecular weight excluding hydrogens is 246 g/mol. The Balaban J connectivity index is 2.34. The van der Waals surface area contributed by atoms with E-state index in [-0.39, 0.29) is 17.9 Å². The van der Waals surface area contributed by atoms with Gasteiger partial charge in [0.25, 0.3) is 0 Å². The van der Waals surface area contributed by atoms with Crippen LogP contribution in [0.25, 0.3) is 0 Å². The normalized spacial score (nSPS) is 21.1. The van der Waals surface area contributed by atoms with E-state index in [2.05, 4.69) is 5.32 Å². The number of nitrogens with one attached hydrogen (secondary N) is 1. The zero-order valence-electron chi connectivity index (χ0n) is 12.2. The summed E-state index contributed by atoms with van der Waals surface area (Å²) in [6.07, 6.45) is 0.590. The van der Waals surface area contributed by atoms with Gasteiger partial charge in [-0.15, -0.1) is 0 Å². The molecule has 2 atom stereocenters. The minimum atomic E-state index is -0.497. The summed E-state index contributed by atoms with van der Waals surface area (Å²) in [4.78, 5) is 24.9. The lowest BCUT2D eigenvalue weighted by molar-refractivity contribution is -0.122. The Kier molecular flexibility index (Phi) is 5.17. The van der Waals surface area contributed by atoms with Crippen LogP contribution >= 0.6 is 0 Å². The Hall–Kier alpha value is -1.30. The molecule has 0 radical (unpaired) electrons. The lowest BCUT2D eigenvalue weighted by Crippen LogP contribution is -2.41. The van der Waals surface area contributed by atoms with Gasteiger partial charge in [-0.3, -0.25) is 4.79 Å². The van der Waals surface area contributed by atoms with Gasteiger partial charge in [-0.25, -0.2) is 4.79 Å². The highest BCUT2D eigenvalue weighted by molar-refractivity contribution is 5.80. The summed E-state index contributed by atoms with van der Waals surface area (Å²) in [6.45, 7) is 9.04. The van der Waals surface area contributed by atoms with E-state index in [0.717, 1.165) is 6.42 Å². The Labute approximate surface area is 114 Å². The quantitative estimate of drug-likeness (QED) is 0.791. The zero-order valence-corrected chi connectivity index (χ0v) is 12.2. The van der Waals surface area contributed by atoms with E-state index in [1.807, 2.05) is 20.8 Å². The summed E-state index contributed by atoms with van der Waals surface area (Å²) in [6, 6.07) is -0.497. The predicted molar refractivity (Wildman–Crippen MR) is 72.6 cm³/mol. The largest absolute Gasteiger partial charge is 0.444 e. The first-order valence-corrected chi connectivity index (χ1v) is 6.70. The SMILES string of the molecule is CC(N)C(=O)NCC1CCN(C(=O)OC(C)(C)C)C1. The molecule has 0 saturated carbocycles. The van der Waals surface area contributed by atoms with Gasteiger partial charge in [-0.1, -0.05) is 0 Å². The smallest absolute Gasteiger partial charge is 0.410 e. The molecule has 1 saturated heterocycles. The molecule has 110 valence electrons. The standard InChI is InChI=1S/C13H25N3O3/c1-9(14)11(17)15-7-10-5-6-16(8-10)12(18)19-13(2,3)4/h9-10H,5-8,14H2,1-4H3,(H,15,17). The fourth-order valence-corrected chi connectivity index (χ4v) is 1.90. The minimum absolute atomic E-state index is 0.157. The molecular formula is C13H25N3O3. The molecule has 0 bridgehead atoms. The van der Waals surface area contributed by atoms with E-state index in [1.165, 1.54) is 0 Å². The monoisotopic (exact) mass is 271 g/mol. The van der Waals surface area contributed by atoms with Gasteiger partial charge < -0.3 is 20.7 Å². The number of amides is 2. The number of carbonyl (C=O) groups excluding carboxylic acids is 2. The lowest BCUT2D eigenvalue weighted by Gasteiger charge is -2.24. The molecule has 2 amide bonds. The van der Waals surface area contributed by atoms with Crippen LogP contribution in [0.4, 0.5) is 4.79 Å². The topological polar surface area (TPSA) is 84.7 Å². The van der Waals surface area contributed by atoms with E-state index in [9.17, 15) is 9.59 Å². The van der Waals surface area contributed by atoms with E-state index in [4.69, 9.17) is 10.5 Å². The highest BCUT2D eigenvalue weighted by Crippen LogP contribution is 2.18. The second-order valence-electron chi connectivity index (χ2n) is 6.11. The summed E-state index contributed by atoms with van der Waals surface area (Å²) in [5.41, 5.74) is 5.00. The number of ether oxygens (including phenoxy) is 1. The molecule has 0 aromatic rings. The van der Waals surface area contributed by atoms with Gasteiger partial charge in [-0.05, 0) is 40.0 Å². The number of carbonyl (C=O) groups is 2. The fraction of sp³-hybridized carbons (Fsp3) is 0.846. The lowest BCUT2D eigenvalue weighted by atomic mass is 10.1. The van der Waals surface area contributed by atoms with E-state index in [0.29, 0.717) is 19.6 Å². The molecule has 1 rings (SSSR count). The number of likely N-dealkylation sites (tertiary alicyclic amines) is 1. The molecule has 0 spiro atoms. The number of hydrogen-bond donors (Lipinski definition) is 2. The molecule has 1 fully saturated rings. The molecule has 0 aromatic heterocycles. The van der Waals surface area contributed by atoms with Gasteiger partial charge in [0.05, 0.1) is 6.04 Å². The molecule has 1 heterocycles. The van der Waals surface area contributed by atoms with Crippen molar-refractivity contribution in [2.24, 2.45) is 11.7 Å². The van der Waals surface area contributed by atoms with Crippen LogP contribution in [0.2, 0.25) is 0 Å². The Bertz CT molecular complexity index is 337. The molecule has 0 aromatic carbocycles. The fourth-order valence-electron chi connectivity index (χ4n) is 1.90. The van der Waals surface area contributed by atoms with Gasteiger partial charge in [0.1, 0.15) is 5.60 Å². The molecule has 6 heteroatoms. The third-order valence-electron chi connectivity index (χ3n) is 2.92. The summed E-state index contributed by atoms with van der Waals surface area (Å²) < 4.78 is 5.31. The van der Waals surface area contributed by atoms with Gasteiger partial charge in [0.2, 0.25) is 5.91 Å². The molecule has 19 heavy (non-hydrogen) atoms. The first-order valence-electron chi connectivity index (χ1n) is 6.70. The maximum Gasteiger partial charge on any atom is 0.410 e. The first kappa shape index (κ1) is 15.8. The van der Waals surface area contributed by atoms with Crippen molar-refractivity contribution in [2.75, 3.05) is 19.6 Å². The summed E-state index contributed by atoms with van der Waals surface area (Å²) in [5, 5.41) is 2.79. The van der Waals surface area contributed by atoms with Crippen molar-refractivity contribution in [3.8, 4) is 0 Å². The van der Waals surface area contributed by atoms with Crippen molar-refractivity contribution in [3.63, 3.8) is 0 Å². The van der Waals surface area contributed by atoms with E-state index >= 15 is 0 Å². The Morgan fingerprint density at radius 2 is 2.11 bits per heavy atom. The molecule has 6 nitrogen and oxygen atoms in total. The number of nitrogens with two attached hydrogens (primary N) is 1. The third-order valence-corrected chi connectivity index (χ3v) is 2.92. The van der Waals surface area contributed by atoms with Crippen LogP contribution in [0.5, 0.6) is 0 Å². The average Bonchev–Trinajstić information content (AvgIpc) is 2.71. The summed E-state index contributed by atoms with van der Waals surface area (Å²) >= 11 is 0. The maximum absolute atomic E-state index is 11.8. The van der Waals surface area contributed by atoms with Gasteiger partial charge in [0.15, 0.2) is 0 Å². The molecule has 3 N–H and O–H groups in total. The van der Waals surface area contributed by atoms with Crippen LogP contribution in [-0.2, 0) is 9.53 Å². The van der Waals surface area contributed by atoms with Crippen LogP contribution in [0.15, 0.2) is 0 Å².